The summed E-state index contributed by atoms with van der Waals surface area (Å²) in [6, 6.07) is 6.73. The zero-order valence-electron chi connectivity index (χ0n) is 23.9. The number of esters is 1. The largest absolute Gasteiger partial charge is 0.497 e. The minimum absolute atomic E-state index is 0.0618. The molecule has 6 atom stereocenters. The molecule has 0 amide bonds. The summed E-state index contributed by atoms with van der Waals surface area (Å²) in [7, 11) is -1.56. The van der Waals surface area contributed by atoms with Crippen LogP contribution in [0, 0.1) is 23.2 Å². The van der Waals surface area contributed by atoms with E-state index in [9.17, 15) is 13.2 Å². The average Bonchev–Trinajstić information content (AvgIpc) is 3.19. The Hall–Kier alpha value is -1.60. The van der Waals surface area contributed by atoms with E-state index in [2.05, 4.69) is 25.1 Å². The lowest BCUT2D eigenvalue weighted by Crippen LogP contribution is -2.48. The van der Waals surface area contributed by atoms with Crippen LogP contribution in [-0.2, 0) is 30.3 Å². The molecule has 0 aliphatic heterocycles. The fourth-order valence-electron chi connectivity index (χ4n) is 8.12. The van der Waals surface area contributed by atoms with Crippen molar-refractivity contribution < 1.29 is 26.9 Å². The molecule has 0 radical (unpaired) electrons. The second-order valence-electron chi connectivity index (χ2n) is 12.3. The number of methoxy groups -OCH3 is 1. The molecule has 0 N–H and O–H groups in total. The Morgan fingerprint density at radius 2 is 1.74 bits per heavy atom. The lowest BCUT2D eigenvalue weighted by atomic mass is 9.52. The normalized spacial score (nSPS) is 30.3. The molecule has 0 heterocycles. The number of hydrogen-bond donors (Lipinski definition) is 0. The van der Waals surface area contributed by atoms with Gasteiger partial charge in [0, 0.05) is 12.3 Å². The lowest BCUT2D eigenvalue weighted by molar-refractivity contribution is -0.155. The molecule has 3 aliphatic rings. The minimum Gasteiger partial charge on any atom is -0.497 e. The Balaban J connectivity index is 1.35. The van der Waals surface area contributed by atoms with Gasteiger partial charge in [0.15, 0.2) is 0 Å². The molecule has 214 valence electrons. The van der Waals surface area contributed by atoms with Crippen LogP contribution in [0.4, 0.5) is 0 Å². The van der Waals surface area contributed by atoms with E-state index in [0.29, 0.717) is 30.3 Å². The van der Waals surface area contributed by atoms with Crippen LogP contribution in [0.1, 0.15) is 108 Å². The number of unbranched alkanes of at least 4 members (excludes halogenated alkanes) is 6. The van der Waals surface area contributed by atoms with E-state index >= 15 is 0 Å². The Bertz CT molecular complexity index is 1050. The van der Waals surface area contributed by atoms with E-state index in [1.54, 1.807) is 14.0 Å². The number of rotatable bonds is 13. The van der Waals surface area contributed by atoms with Crippen molar-refractivity contribution in [1.29, 1.82) is 0 Å². The summed E-state index contributed by atoms with van der Waals surface area (Å²) in [5.41, 5.74) is 3.10. The van der Waals surface area contributed by atoms with Crippen LogP contribution >= 0.6 is 0 Å². The number of hydrogen-bond acceptors (Lipinski definition) is 6. The van der Waals surface area contributed by atoms with Gasteiger partial charge in [0.05, 0.1) is 20.0 Å². The smallest absolute Gasteiger partial charge is 0.302 e. The van der Waals surface area contributed by atoms with E-state index in [0.717, 1.165) is 50.5 Å². The number of ether oxygens (including phenoxy) is 2. The fraction of sp³-hybridized carbons (Fsp3) is 0.774. The third kappa shape index (κ3) is 6.93. The second kappa shape index (κ2) is 12.7. The quantitative estimate of drug-likeness (QED) is 0.153. The van der Waals surface area contributed by atoms with Gasteiger partial charge in [-0.2, -0.15) is 8.42 Å². The first-order valence-electron chi connectivity index (χ1n) is 14.8. The summed E-state index contributed by atoms with van der Waals surface area (Å²) in [4.78, 5) is 11.9. The summed E-state index contributed by atoms with van der Waals surface area (Å²) in [6.45, 7) is 4.25. The van der Waals surface area contributed by atoms with E-state index < -0.39 is 10.1 Å². The zero-order valence-corrected chi connectivity index (χ0v) is 24.7. The molecule has 0 aromatic heterocycles. The molecule has 1 aromatic rings. The Labute approximate surface area is 230 Å². The van der Waals surface area contributed by atoms with Crippen LogP contribution in [0.3, 0.4) is 0 Å². The molecule has 2 fully saturated rings. The predicted octanol–water partition coefficient (Wildman–Crippen LogP) is 6.81. The van der Waals surface area contributed by atoms with Gasteiger partial charge in [-0.15, -0.1) is 0 Å². The van der Waals surface area contributed by atoms with Crippen LogP contribution in [-0.4, -0.2) is 40.5 Å². The molecule has 0 saturated heterocycles. The van der Waals surface area contributed by atoms with Crippen LogP contribution in [0.15, 0.2) is 18.2 Å². The second-order valence-corrected chi connectivity index (χ2v) is 14.0. The lowest BCUT2D eigenvalue weighted by Gasteiger charge is -2.53. The van der Waals surface area contributed by atoms with Gasteiger partial charge in [-0.05, 0) is 91.9 Å². The van der Waals surface area contributed by atoms with Crippen molar-refractivity contribution in [3.8, 4) is 5.75 Å². The maximum absolute atomic E-state index is 11.9. The highest BCUT2D eigenvalue weighted by Crippen LogP contribution is 2.63. The van der Waals surface area contributed by atoms with Gasteiger partial charge in [0.25, 0.3) is 10.1 Å². The van der Waals surface area contributed by atoms with Gasteiger partial charge < -0.3 is 9.47 Å². The molecule has 0 unspecified atom stereocenters. The van der Waals surface area contributed by atoms with E-state index in [4.69, 9.17) is 13.7 Å². The predicted molar refractivity (Wildman–Crippen MR) is 150 cm³/mol. The number of fused-ring (bicyclic) bond motifs is 5. The maximum atomic E-state index is 11.9. The fourth-order valence-corrected chi connectivity index (χ4v) is 8.54. The van der Waals surface area contributed by atoms with Gasteiger partial charge in [0.2, 0.25) is 0 Å². The van der Waals surface area contributed by atoms with E-state index in [-0.39, 0.29) is 17.5 Å². The molecule has 0 spiro atoms. The Morgan fingerprint density at radius 1 is 1.03 bits per heavy atom. The van der Waals surface area contributed by atoms with Crippen LogP contribution < -0.4 is 4.74 Å². The van der Waals surface area contributed by atoms with Gasteiger partial charge in [-0.3, -0.25) is 8.98 Å². The molecule has 3 aliphatic carbocycles. The minimum atomic E-state index is -3.32. The molecule has 38 heavy (non-hydrogen) atoms. The molecule has 2 saturated carbocycles. The number of benzene rings is 1. The highest BCUT2D eigenvalue weighted by atomic mass is 32.2. The first kappa shape index (κ1) is 29.4. The maximum Gasteiger partial charge on any atom is 0.302 e. The molecule has 6 nitrogen and oxygen atoms in total. The molecular weight excluding hydrogens is 500 g/mol. The van der Waals surface area contributed by atoms with Crippen LogP contribution in [0.2, 0.25) is 0 Å². The van der Waals surface area contributed by atoms with E-state index in [1.165, 1.54) is 56.1 Å². The SMILES string of the molecule is COc1ccc2c(c1)C[C@@H](CCCCCCCCCOS(C)(=O)=O)[C@@H]1[C@@H]2CC[C@]2(C)[C@@H](OC(C)=O)CC[C@@H]12. The monoisotopic (exact) mass is 548 g/mol. The van der Waals surface area contributed by atoms with Crippen molar-refractivity contribution in [3.63, 3.8) is 0 Å². The third-order valence-corrected chi connectivity index (χ3v) is 10.4. The van der Waals surface area contributed by atoms with Crippen molar-refractivity contribution in [1.82, 2.24) is 0 Å². The third-order valence-electron chi connectivity index (χ3n) is 9.85. The molecule has 1 aromatic carbocycles. The van der Waals surface area contributed by atoms with Gasteiger partial charge in [-0.25, -0.2) is 0 Å². The average molecular weight is 549 g/mol. The van der Waals surface area contributed by atoms with Crippen molar-refractivity contribution in [2.24, 2.45) is 23.2 Å². The summed E-state index contributed by atoms with van der Waals surface area (Å²) in [6.07, 6.45) is 15.9. The van der Waals surface area contributed by atoms with Gasteiger partial charge in [0.1, 0.15) is 11.9 Å². The van der Waals surface area contributed by atoms with E-state index in [1.807, 2.05) is 0 Å². The van der Waals surface area contributed by atoms with Crippen LogP contribution in [0.5, 0.6) is 5.75 Å². The molecule has 4 rings (SSSR count). The number of carbonyl (C=O) groups excluding carboxylic acids is 1. The van der Waals surface area contributed by atoms with Crippen molar-refractivity contribution >= 4 is 16.1 Å². The molecule has 7 heteroatoms. The summed E-state index contributed by atoms with van der Waals surface area (Å²) < 4.78 is 38.4. The Kier molecular flexibility index (Phi) is 9.83. The summed E-state index contributed by atoms with van der Waals surface area (Å²) in [5.74, 6) is 3.34. The standard InChI is InChI=1S/C31H48O6S/c1-22(32)37-29-16-15-28-30-23(12-10-8-6-5-7-9-11-19-36-38(4,33)34)20-24-21-25(35-3)13-14-26(24)27(30)17-18-31(28,29)2/h13-14,21,23,27-30H,5-12,15-20H2,1-4H3/t23-,27-,28+,29+,30-,31+/m1/s1. The highest BCUT2D eigenvalue weighted by molar-refractivity contribution is 7.85. The summed E-state index contributed by atoms with van der Waals surface area (Å²) >= 11 is 0. The zero-order chi connectivity index (χ0) is 27.3. The van der Waals surface area contributed by atoms with Crippen molar-refractivity contribution in [2.45, 2.75) is 109 Å². The summed E-state index contributed by atoms with van der Waals surface area (Å²) in [5, 5.41) is 0. The first-order chi connectivity index (χ1) is 18.1. The van der Waals surface area contributed by atoms with Crippen molar-refractivity contribution in [3.05, 3.63) is 29.3 Å². The first-order valence-corrected chi connectivity index (χ1v) is 16.6. The highest BCUT2D eigenvalue weighted by Gasteiger charge is 2.57. The van der Waals surface area contributed by atoms with Gasteiger partial charge >= 0.3 is 5.97 Å². The topological polar surface area (TPSA) is 78.9 Å². The molecular formula is C31H48O6S. The van der Waals surface area contributed by atoms with Gasteiger partial charge in [-0.1, -0.05) is 51.5 Å². The Morgan fingerprint density at radius 3 is 2.42 bits per heavy atom. The molecule has 0 bridgehead atoms. The van der Waals surface area contributed by atoms with Crippen molar-refractivity contribution in [2.75, 3.05) is 20.0 Å². The number of carbonyl (C=O) groups is 1. The van der Waals surface area contributed by atoms with Crippen LogP contribution in [0.25, 0.3) is 0 Å².